The lowest BCUT2D eigenvalue weighted by Gasteiger charge is -2.23. The van der Waals surface area contributed by atoms with Gasteiger partial charge in [0.05, 0.1) is 12.6 Å². The van der Waals surface area contributed by atoms with Gasteiger partial charge in [0.25, 0.3) is 0 Å². The van der Waals surface area contributed by atoms with Gasteiger partial charge in [0, 0.05) is 24.0 Å². The quantitative estimate of drug-likeness (QED) is 0.777. The second-order valence-corrected chi connectivity index (χ2v) is 5.12. The molecule has 0 bridgehead atoms. The number of fused-ring (bicyclic) bond motifs is 1. The fourth-order valence-electron chi connectivity index (χ4n) is 3.01. The number of carbonyl (C=O) groups excluding carboxylic acids is 1. The molecule has 0 N–H and O–H groups in total. The highest BCUT2D eigenvalue weighted by molar-refractivity contribution is 5.94. The lowest BCUT2D eigenvalue weighted by atomic mass is 9.87. The number of carbonyl (C=O) groups is 1. The lowest BCUT2D eigenvalue weighted by molar-refractivity contribution is 0.0596. The summed E-state index contributed by atoms with van der Waals surface area (Å²) in [5, 5.41) is 0. The third-order valence-electron chi connectivity index (χ3n) is 4.00. The van der Waals surface area contributed by atoms with Gasteiger partial charge in [-0.1, -0.05) is 19.3 Å². The first-order valence-electron chi connectivity index (χ1n) is 6.85. The fourth-order valence-corrected chi connectivity index (χ4v) is 3.01. The molecule has 3 rings (SSSR count). The first-order valence-corrected chi connectivity index (χ1v) is 6.85. The monoisotopic (exact) mass is 258 g/mol. The molecule has 100 valence electrons. The summed E-state index contributed by atoms with van der Waals surface area (Å²) in [4.78, 5) is 16.0. The third kappa shape index (κ3) is 2.11. The fraction of sp³-hybridized carbons (Fsp3) is 0.467. The van der Waals surface area contributed by atoms with Crippen LogP contribution >= 0.6 is 0 Å². The van der Waals surface area contributed by atoms with Crippen LogP contribution in [0.2, 0.25) is 0 Å². The number of nitrogens with zero attached hydrogens (tertiary/aromatic N) is 2. The van der Waals surface area contributed by atoms with Gasteiger partial charge in [-0.15, -0.1) is 0 Å². The number of rotatable bonds is 2. The number of ether oxygens (including phenoxy) is 1. The number of hydrogen-bond donors (Lipinski definition) is 0. The minimum absolute atomic E-state index is 0.376. The normalized spacial score (nSPS) is 16.7. The summed E-state index contributed by atoms with van der Waals surface area (Å²) in [7, 11) is 1.39. The van der Waals surface area contributed by atoms with E-state index in [1.54, 1.807) is 0 Å². The van der Waals surface area contributed by atoms with Gasteiger partial charge in [-0.3, -0.25) is 0 Å². The van der Waals surface area contributed by atoms with E-state index in [1.807, 2.05) is 24.5 Å². The molecule has 1 aliphatic rings. The molecule has 0 radical (unpaired) electrons. The molecule has 2 heterocycles. The maximum atomic E-state index is 11.7. The summed E-state index contributed by atoms with van der Waals surface area (Å²) < 4.78 is 6.88. The first kappa shape index (κ1) is 12.2. The first-order chi connectivity index (χ1) is 9.31. The van der Waals surface area contributed by atoms with Gasteiger partial charge in [-0.25, -0.2) is 9.78 Å². The molecule has 19 heavy (non-hydrogen) atoms. The van der Waals surface area contributed by atoms with Crippen molar-refractivity contribution in [1.29, 1.82) is 0 Å². The van der Waals surface area contributed by atoms with Crippen molar-refractivity contribution >= 4 is 11.5 Å². The summed E-state index contributed by atoms with van der Waals surface area (Å²) in [6, 6.07) is 3.88. The number of aromatic nitrogens is 2. The molecule has 0 unspecified atom stereocenters. The Bertz CT molecular complexity index is 597. The van der Waals surface area contributed by atoms with Gasteiger partial charge >= 0.3 is 5.97 Å². The Balaban J connectivity index is 2.07. The van der Waals surface area contributed by atoms with Crippen LogP contribution in [0.4, 0.5) is 0 Å². The van der Waals surface area contributed by atoms with E-state index in [9.17, 15) is 4.79 Å². The molecule has 1 fully saturated rings. The van der Waals surface area contributed by atoms with Crippen LogP contribution in [-0.4, -0.2) is 22.5 Å². The number of methoxy groups -OCH3 is 1. The van der Waals surface area contributed by atoms with E-state index in [1.165, 1.54) is 44.9 Å². The van der Waals surface area contributed by atoms with Crippen molar-refractivity contribution in [2.45, 2.75) is 38.0 Å². The molecule has 4 heteroatoms. The van der Waals surface area contributed by atoms with Crippen molar-refractivity contribution in [3.05, 3.63) is 35.9 Å². The SMILES string of the molecule is COC(=O)c1ncc(C2CCCCC2)n2cccc12. The van der Waals surface area contributed by atoms with Crippen LogP contribution in [-0.2, 0) is 4.74 Å². The molecule has 1 saturated carbocycles. The van der Waals surface area contributed by atoms with Crippen LogP contribution < -0.4 is 0 Å². The third-order valence-corrected chi connectivity index (χ3v) is 4.00. The maximum absolute atomic E-state index is 11.7. The molecule has 0 spiro atoms. The molecule has 2 aromatic heterocycles. The van der Waals surface area contributed by atoms with Crippen LogP contribution in [0.3, 0.4) is 0 Å². The molecule has 0 atom stereocenters. The van der Waals surface area contributed by atoms with E-state index in [4.69, 9.17) is 4.74 Å². The molecular formula is C15H18N2O2. The zero-order chi connectivity index (χ0) is 13.2. The van der Waals surface area contributed by atoms with Crippen molar-refractivity contribution in [1.82, 2.24) is 9.38 Å². The van der Waals surface area contributed by atoms with Gasteiger partial charge in [0.1, 0.15) is 0 Å². The predicted octanol–water partition coefficient (Wildman–Crippen LogP) is 3.17. The Hall–Kier alpha value is -1.84. The van der Waals surface area contributed by atoms with Crippen molar-refractivity contribution in [3.63, 3.8) is 0 Å². The Morgan fingerprint density at radius 1 is 1.37 bits per heavy atom. The summed E-state index contributed by atoms with van der Waals surface area (Å²) in [6.45, 7) is 0. The lowest BCUT2D eigenvalue weighted by Crippen LogP contribution is -2.13. The summed E-state index contributed by atoms with van der Waals surface area (Å²) in [5.74, 6) is 0.182. The number of esters is 1. The average molecular weight is 258 g/mol. The van der Waals surface area contributed by atoms with Crippen molar-refractivity contribution in [2.24, 2.45) is 0 Å². The average Bonchev–Trinajstić information content (AvgIpc) is 2.95. The molecule has 0 saturated heterocycles. The van der Waals surface area contributed by atoms with Crippen LogP contribution in [0, 0.1) is 0 Å². The van der Waals surface area contributed by atoms with Crippen LogP contribution in [0.5, 0.6) is 0 Å². The zero-order valence-electron chi connectivity index (χ0n) is 11.1. The Morgan fingerprint density at radius 3 is 2.89 bits per heavy atom. The van der Waals surface area contributed by atoms with E-state index in [0.29, 0.717) is 11.6 Å². The summed E-state index contributed by atoms with van der Waals surface area (Å²) >= 11 is 0. The van der Waals surface area contributed by atoms with Gasteiger partial charge in [0.15, 0.2) is 5.69 Å². The molecule has 2 aromatic rings. The Morgan fingerprint density at radius 2 is 2.16 bits per heavy atom. The van der Waals surface area contributed by atoms with Crippen molar-refractivity contribution < 1.29 is 9.53 Å². The Kier molecular flexibility index (Phi) is 3.23. The molecular weight excluding hydrogens is 240 g/mol. The predicted molar refractivity (Wildman–Crippen MR) is 72.4 cm³/mol. The number of hydrogen-bond acceptors (Lipinski definition) is 3. The maximum Gasteiger partial charge on any atom is 0.358 e. The van der Waals surface area contributed by atoms with Gasteiger partial charge in [-0.2, -0.15) is 0 Å². The van der Waals surface area contributed by atoms with Gasteiger partial charge in [0.2, 0.25) is 0 Å². The molecule has 0 amide bonds. The Labute approximate surface area is 112 Å². The molecule has 0 aliphatic heterocycles. The standard InChI is InChI=1S/C15H18N2O2/c1-19-15(18)14-12-8-5-9-17(12)13(10-16-14)11-6-3-2-4-7-11/h5,8-11H,2-4,6-7H2,1H3. The topological polar surface area (TPSA) is 43.6 Å². The molecule has 4 nitrogen and oxygen atoms in total. The highest BCUT2D eigenvalue weighted by atomic mass is 16.5. The van der Waals surface area contributed by atoms with E-state index >= 15 is 0 Å². The van der Waals surface area contributed by atoms with E-state index in [0.717, 1.165) is 5.52 Å². The smallest absolute Gasteiger partial charge is 0.358 e. The van der Waals surface area contributed by atoms with Gasteiger partial charge in [-0.05, 0) is 25.0 Å². The van der Waals surface area contributed by atoms with Crippen molar-refractivity contribution in [2.75, 3.05) is 7.11 Å². The highest BCUT2D eigenvalue weighted by Gasteiger charge is 2.21. The zero-order valence-corrected chi connectivity index (χ0v) is 11.1. The summed E-state index contributed by atoms with van der Waals surface area (Å²) in [6.07, 6.45) is 10.2. The molecule has 0 aromatic carbocycles. The van der Waals surface area contributed by atoms with E-state index in [2.05, 4.69) is 9.38 Å². The van der Waals surface area contributed by atoms with Crippen molar-refractivity contribution in [3.8, 4) is 0 Å². The van der Waals surface area contributed by atoms with E-state index < -0.39 is 0 Å². The second-order valence-electron chi connectivity index (χ2n) is 5.12. The molecule has 1 aliphatic carbocycles. The van der Waals surface area contributed by atoms with Crippen LogP contribution in [0.1, 0.15) is 54.2 Å². The van der Waals surface area contributed by atoms with Crippen LogP contribution in [0.25, 0.3) is 5.52 Å². The largest absolute Gasteiger partial charge is 0.464 e. The van der Waals surface area contributed by atoms with Crippen LogP contribution in [0.15, 0.2) is 24.5 Å². The minimum Gasteiger partial charge on any atom is -0.464 e. The van der Waals surface area contributed by atoms with Gasteiger partial charge < -0.3 is 9.14 Å². The minimum atomic E-state index is -0.376. The highest BCUT2D eigenvalue weighted by Crippen LogP contribution is 2.33. The van der Waals surface area contributed by atoms with E-state index in [-0.39, 0.29) is 5.97 Å². The summed E-state index contributed by atoms with van der Waals surface area (Å²) in [5.41, 5.74) is 2.45. The second kappa shape index (κ2) is 5.03.